The normalized spacial score (nSPS) is 22.9. The number of hydrogen-bond acceptors (Lipinski definition) is 4. The summed E-state index contributed by atoms with van der Waals surface area (Å²) in [5.41, 5.74) is 1.66. The highest BCUT2D eigenvalue weighted by molar-refractivity contribution is 6.22. The second-order valence-electron chi connectivity index (χ2n) is 7.74. The van der Waals surface area contributed by atoms with E-state index in [0.29, 0.717) is 30.8 Å². The number of carbonyl (C=O) groups is 3. The van der Waals surface area contributed by atoms with Crippen LogP contribution in [0.15, 0.2) is 47.3 Å². The molecule has 142 valence electrons. The van der Waals surface area contributed by atoms with Gasteiger partial charge in [-0.3, -0.25) is 24.1 Å². The fourth-order valence-corrected chi connectivity index (χ4v) is 4.72. The Bertz CT molecular complexity index is 1040. The van der Waals surface area contributed by atoms with Gasteiger partial charge >= 0.3 is 0 Å². The molecule has 4 heterocycles. The quantitative estimate of drug-likeness (QED) is 0.734. The number of nitrogens with zero attached hydrogens (tertiary/aromatic N) is 3. The molecule has 0 spiro atoms. The van der Waals surface area contributed by atoms with Gasteiger partial charge in [-0.1, -0.05) is 18.2 Å². The van der Waals surface area contributed by atoms with E-state index in [1.54, 1.807) is 41.3 Å². The van der Waals surface area contributed by atoms with Gasteiger partial charge in [0.05, 0.1) is 11.1 Å². The van der Waals surface area contributed by atoms with Crippen LogP contribution in [0.4, 0.5) is 0 Å². The molecule has 0 saturated carbocycles. The number of carbonyl (C=O) groups excluding carboxylic acids is 3. The molecule has 1 saturated heterocycles. The van der Waals surface area contributed by atoms with Crippen molar-refractivity contribution in [2.75, 3.05) is 19.6 Å². The number of rotatable bonds is 2. The summed E-state index contributed by atoms with van der Waals surface area (Å²) in [7, 11) is 0. The van der Waals surface area contributed by atoms with Crippen molar-refractivity contribution in [2.45, 2.75) is 18.9 Å². The predicted molar refractivity (Wildman–Crippen MR) is 99.9 cm³/mol. The van der Waals surface area contributed by atoms with Gasteiger partial charge in [0.15, 0.2) is 0 Å². The zero-order chi connectivity index (χ0) is 19.4. The van der Waals surface area contributed by atoms with Crippen molar-refractivity contribution < 1.29 is 14.4 Å². The average Bonchev–Trinajstić information content (AvgIpc) is 2.94. The lowest BCUT2D eigenvalue weighted by molar-refractivity contribution is -0.134. The highest BCUT2D eigenvalue weighted by Crippen LogP contribution is 2.35. The number of amides is 3. The van der Waals surface area contributed by atoms with Crippen LogP contribution in [0.1, 0.15) is 38.7 Å². The third kappa shape index (κ3) is 2.50. The molecule has 2 bridgehead atoms. The zero-order valence-corrected chi connectivity index (χ0v) is 15.2. The van der Waals surface area contributed by atoms with Crippen LogP contribution in [0.5, 0.6) is 0 Å². The fourth-order valence-electron chi connectivity index (χ4n) is 4.72. The molecular formula is C21H19N3O4. The van der Waals surface area contributed by atoms with E-state index in [-0.39, 0.29) is 29.8 Å². The van der Waals surface area contributed by atoms with E-state index >= 15 is 0 Å². The molecule has 2 atom stereocenters. The first-order valence-corrected chi connectivity index (χ1v) is 9.45. The number of likely N-dealkylation sites (tertiary alicyclic amines) is 1. The maximum Gasteiger partial charge on any atom is 0.262 e. The molecule has 0 aliphatic carbocycles. The van der Waals surface area contributed by atoms with Gasteiger partial charge < -0.3 is 9.47 Å². The van der Waals surface area contributed by atoms with Gasteiger partial charge in [0.25, 0.3) is 17.4 Å². The summed E-state index contributed by atoms with van der Waals surface area (Å²) in [6.07, 6.45) is 0.945. The molecule has 5 rings (SSSR count). The molecule has 1 aromatic carbocycles. The Morgan fingerprint density at radius 1 is 0.893 bits per heavy atom. The number of piperidine rings is 1. The topological polar surface area (TPSA) is 79.7 Å². The summed E-state index contributed by atoms with van der Waals surface area (Å²) in [5.74, 6) is -0.743. The molecule has 1 aromatic heterocycles. The number of hydrogen-bond donors (Lipinski definition) is 0. The first-order chi connectivity index (χ1) is 13.5. The van der Waals surface area contributed by atoms with Gasteiger partial charge in [-0.05, 0) is 30.5 Å². The summed E-state index contributed by atoms with van der Waals surface area (Å²) in [5, 5.41) is 0. The predicted octanol–water partition coefficient (Wildman–Crippen LogP) is 1.09. The van der Waals surface area contributed by atoms with Crippen LogP contribution in [0.2, 0.25) is 0 Å². The second-order valence-corrected chi connectivity index (χ2v) is 7.74. The Labute approximate surface area is 161 Å². The van der Waals surface area contributed by atoms with Gasteiger partial charge in [-0.15, -0.1) is 0 Å². The van der Waals surface area contributed by atoms with E-state index in [1.165, 1.54) is 0 Å². The Morgan fingerprint density at radius 2 is 1.61 bits per heavy atom. The van der Waals surface area contributed by atoms with E-state index in [2.05, 4.69) is 0 Å². The van der Waals surface area contributed by atoms with Gasteiger partial charge in [0.1, 0.15) is 6.54 Å². The van der Waals surface area contributed by atoms with Crippen LogP contribution in [0.25, 0.3) is 0 Å². The number of aromatic nitrogens is 1. The standard InChI is InChI=1S/C21H19N3O4/c25-18-7-3-6-17-14-8-13(10-23(17)18)9-22(11-14)19(26)12-24-20(27)15-4-1-2-5-16(15)21(24)28/h1-7,13-14H,8-12H2/t13-,14+/m0/s1. The number of fused-ring (bicyclic) bond motifs is 5. The van der Waals surface area contributed by atoms with Crippen LogP contribution in [0, 0.1) is 5.92 Å². The SMILES string of the molecule is O=C(CN1C(=O)c2ccccc2C1=O)N1C[C@@H]2C[C@H](C1)c1cccc(=O)n1C2. The largest absolute Gasteiger partial charge is 0.340 e. The van der Waals surface area contributed by atoms with Crippen LogP contribution < -0.4 is 5.56 Å². The molecule has 3 amide bonds. The highest BCUT2D eigenvalue weighted by Gasteiger charge is 2.40. The Hall–Kier alpha value is -3.22. The summed E-state index contributed by atoms with van der Waals surface area (Å²) < 4.78 is 1.81. The molecule has 0 radical (unpaired) electrons. The summed E-state index contributed by atoms with van der Waals surface area (Å²) >= 11 is 0. The summed E-state index contributed by atoms with van der Waals surface area (Å²) in [6.45, 7) is 1.40. The van der Waals surface area contributed by atoms with Crippen molar-refractivity contribution in [1.29, 1.82) is 0 Å². The van der Waals surface area contributed by atoms with Crippen molar-refractivity contribution in [2.24, 2.45) is 5.92 Å². The Kier molecular flexibility index (Phi) is 3.72. The van der Waals surface area contributed by atoms with Crippen LogP contribution in [-0.4, -0.2) is 51.7 Å². The third-order valence-corrected chi connectivity index (χ3v) is 6.00. The molecule has 2 aromatic rings. The molecular weight excluding hydrogens is 358 g/mol. The van der Waals surface area contributed by atoms with E-state index in [0.717, 1.165) is 17.0 Å². The summed E-state index contributed by atoms with van der Waals surface area (Å²) in [4.78, 5) is 52.9. The van der Waals surface area contributed by atoms with E-state index < -0.39 is 11.8 Å². The minimum Gasteiger partial charge on any atom is -0.340 e. The van der Waals surface area contributed by atoms with E-state index in [1.807, 2.05) is 10.6 Å². The molecule has 0 unspecified atom stereocenters. The maximum atomic E-state index is 12.9. The van der Waals surface area contributed by atoms with Crippen molar-refractivity contribution in [3.8, 4) is 0 Å². The molecule has 0 N–H and O–H groups in total. The van der Waals surface area contributed by atoms with Crippen LogP contribution >= 0.6 is 0 Å². The smallest absolute Gasteiger partial charge is 0.262 e. The van der Waals surface area contributed by atoms with E-state index in [4.69, 9.17) is 0 Å². The average molecular weight is 377 g/mol. The van der Waals surface area contributed by atoms with Crippen LogP contribution in [0.3, 0.4) is 0 Å². The zero-order valence-electron chi connectivity index (χ0n) is 15.2. The lowest BCUT2D eigenvalue weighted by Crippen LogP contribution is -2.51. The lowest BCUT2D eigenvalue weighted by atomic mass is 9.83. The Morgan fingerprint density at radius 3 is 2.32 bits per heavy atom. The minimum atomic E-state index is -0.414. The van der Waals surface area contributed by atoms with Gasteiger partial charge in [0.2, 0.25) is 5.91 Å². The molecule has 7 heteroatoms. The van der Waals surface area contributed by atoms with Crippen molar-refractivity contribution in [3.05, 3.63) is 69.6 Å². The van der Waals surface area contributed by atoms with E-state index in [9.17, 15) is 19.2 Å². The van der Waals surface area contributed by atoms with Gasteiger partial charge in [-0.25, -0.2) is 0 Å². The second kappa shape index (κ2) is 6.15. The van der Waals surface area contributed by atoms with Gasteiger partial charge in [0, 0.05) is 37.3 Å². The van der Waals surface area contributed by atoms with Crippen molar-refractivity contribution in [1.82, 2.24) is 14.4 Å². The molecule has 28 heavy (non-hydrogen) atoms. The molecule has 3 aliphatic heterocycles. The van der Waals surface area contributed by atoms with Crippen molar-refractivity contribution >= 4 is 17.7 Å². The van der Waals surface area contributed by atoms with Gasteiger partial charge in [-0.2, -0.15) is 0 Å². The first-order valence-electron chi connectivity index (χ1n) is 9.45. The maximum absolute atomic E-state index is 12.9. The van der Waals surface area contributed by atoms with Crippen molar-refractivity contribution in [3.63, 3.8) is 0 Å². The fraction of sp³-hybridized carbons (Fsp3) is 0.333. The molecule has 7 nitrogen and oxygen atoms in total. The minimum absolute atomic E-state index is 0.00185. The Balaban J connectivity index is 1.35. The number of imide groups is 1. The highest BCUT2D eigenvalue weighted by atomic mass is 16.2. The monoisotopic (exact) mass is 377 g/mol. The molecule has 3 aliphatic rings. The number of pyridine rings is 1. The first kappa shape index (κ1) is 16.9. The molecule has 1 fully saturated rings. The van der Waals surface area contributed by atoms with Crippen LogP contribution in [-0.2, 0) is 11.3 Å². The third-order valence-electron chi connectivity index (χ3n) is 6.00. The number of benzene rings is 1. The lowest BCUT2D eigenvalue weighted by Gasteiger charge is -2.43. The summed E-state index contributed by atoms with van der Waals surface area (Å²) in [6, 6.07) is 11.9.